The molecule has 2 aliphatic rings. The number of nitrogens with one attached hydrogen (secondary N) is 1. The molecule has 1 N–H and O–H groups in total. The van der Waals surface area contributed by atoms with Gasteiger partial charge in [0, 0.05) is 17.7 Å². The Balaban J connectivity index is 0.821. The van der Waals surface area contributed by atoms with Gasteiger partial charge in [0.1, 0.15) is 34.5 Å². The van der Waals surface area contributed by atoms with Gasteiger partial charge in [0.05, 0.1) is 67.9 Å². The zero-order chi connectivity index (χ0) is 53.2. The summed E-state index contributed by atoms with van der Waals surface area (Å²) in [5.74, 6) is 2.78. The maximum atomic E-state index is 13.2. The molecule has 2 aliphatic carbocycles. The van der Waals surface area contributed by atoms with Crippen LogP contribution in [-0.4, -0.2) is 74.7 Å². The van der Waals surface area contributed by atoms with Crippen LogP contribution >= 0.6 is 11.3 Å². The maximum absolute atomic E-state index is 13.2. The van der Waals surface area contributed by atoms with Crippen molar-refractivity contribution in [1.29, 1.82) is 0 Å². The van der Waals surface area contributed by atoms with Gasteiger partial charge in [-0.2, -0.15) is 5.10 Å². The zero-order valence-corrected chi connectivity index (χ0v) is 44.2. The van der Waals surface area contributed by atoms with Crippen LogP contribution in [0, 0.1) is 23.7 Å². The van der Waals surface area contributed by atoms with E-state index < -0.39 is 11.9 Å². The first kappa shape index (κ1) is 56.5. The van der Waals surface area contributed by atoms with Crippen LogP contribution in [-0.2, 0) is 28.7 Å². The normalized spacial score (nSPS) is 17.3. The van der Waals surface area contributed by atoms with E-state index in [-0.39, 0.29) is 29.7 Å². The highest BCUT2D eigenvalue weighted by atomic mass is 32.1. The van der Waals surface area contributed by atoms with E-state index >= 15 is 0 Å². The molecule has 0 aliphatic heterocycles. The van der Waals surface area contributed by atoms with E-state index in [0.717, 1.165) is 106 Å². The Morgan fingerprint density at radius 2 is 1.03 bits per heavy atom. The molecule has 1 heterocycles. The summed E-state index contributed by atoms with van der Waals surface area (Å²) >= 11 is 1.53. The Bertz CT molecular complexity index is 2620. The third-order valence-corrected chi connectivity index (χ3v) is 14.4. The molecule has 15 nitrogen and oxygen atoms in total. The second-order valence-electron chi connectivity index (χ2n) is 19.2. The number of aromatic nitrogens is 1. The van der Waals surface area contributed by atoms with Crippen molar-refractivity contribution in [3.8, 4) is 34.5 Å². The maximum Gasteiger partial charge on any atom is 0.330 e. The molecule has 0 saturated heterocycles. The van der Waals surface area contributed by atoms with Crippen LogP contribution in [0.25, 0.3) is 10.2 Å². The third kappa shape index (κ3) is 19.2. The summed E-state index contributed by atoms with van der Waals surface area (Å²) in [6.45, 7) is 9.74. The Labute approximate surface area is 449 Å². The highest BCUT2D eigenvalue weighted by Crippen LogP contribution is 2.34. The largest absolute Gasteiger partial charge is 0.494 e. The number of hydrogen-bond acceptors (Lipinski definition) is 16. The van der Waals surface area contributed by atoms with E-state index in [2.05, 4.69) is 28.7 Å². The fourth-order valence-corrected chi connectivity index (χ4v) is 9.86. The van der Waals surface area contributed by atoms with Crippen molar-refractivity contribution in [3.63, 3.8) is 0 Å². The summed E-state index contributed by atoms with van der Waals surface area (Å²) in [5, 5.41) is 5.23. The number of thiazole rings is 1. The smallest absolute Gasteiger partial charge is 0.330 e. The Kier molecular flexibility index (Phi) is 23.1. The van der Waals surface area contributed by atoms with Gasteiger partial charge in [0.25, 0.3) is 0 Å². The molecular weight excluding hydrogens is 987 g/mol. The van der Waals surface area contributed by atoms with Gasteiger partial charge in [-0.15, -0.1) is 0 Å². The summed E-state index contributed by atoms with van der Waals surface area (Å²) < 4.78 is 47.2. The quantitative estimate of drug-likeness (QED) is 0.0111. The summed E-state index contributed by atoms with van der Waals surface area (Å²) in [4.78, 5) is 53.2. The Hall–Kier alpha value is -7.20. The lowest BCUT2D eigenvalue weighted by molar-refractivity contribution is -0.141. The summed E-state index contributed by atoms with van der Waals surface area (Å²) in [7, 11) is 0. The van der Waals surface area contributed by atoms with Gasteiger partial charge >= 0.3 is 23.9 Å². The lowest BCUT2D eigenvalue weighted by Crippen LogP contribution is -2.28. The third-order valence-electron chi connectivity index (χ3n) is 13.5. The minimum absolute atomic E-state index is 0.175. The van der Waals surface area contributed by atoms with Crippen molar-refractivity contribution in [1.82, 2.24) is 4.98 Å². The number of benzene rings is 4. The van der Waals surface area contributed by atoms with Gasteiger partial charge in [-0.25, -0.2) is 14.6 Å². The highest BCUT2D eigenvalue weighted by molar-refractivity contribution is 7.22. The van der Waals surface area contributed by atoms with E-state index in [4.69, 9.17) is 37.9 Å². The van der Waals surface area contributed by atoms with E-state index in [1.165, 1.54) is 23.5 Å². The lowest BCUT2D eigenvalue weighted by Gasteiger charge is -2.27. The Morgan fingerprint density at radius 3 is 1.54 bits per heavy atom. The number of ether oxygens (including phenoxy) is 8. The molecule has 0 unspecified atom stereocenters. The molecule has 2 saturated carbocycles. The predicted octanol–water partition coefficient (Wildman–Crippen LogP) is 12.7. The number of carbonyl (C=O) groups excluding carboxylic acids is 4. The highest BCUT2D eigenvalue weighted by Gasteiger charge is 2.30. The minimum atomic E-state index is -0.395. The number of anilines is 1. The molecule has 2 fully saturated rings. The fraction of sp³-hybridized carbons (Fsp3) is 0.433. The average molecular weight is 1060 g/mol. The van der Waals surface area contributed by atoms with Gasteiger partial charge in [0.2, 0.25) is 5.13 Å². The van der Waals surface area contributed by atoms with Crippen LogP contribution < -0.4 is 33.8 Å². The first-order valence-electron chi connectivity index (χ1n) is 26.7. The van der Waals surface area contributed by atoms with Crippen molar-refractivity contribution in [2.45, 2.75) is 103 Å². The number of nitrogens with zero attached hydrogens (tertiary/aromatic N) is 2. The van der Waals surface area contributed by atoms with Crippen LogP contribution in [0.2, 0.25) is 0 Å². The summed E-state index contributed by atoms with van der Waals surface area (Å²) in [5.41, 5.74) is 4.74. The zero-order valence-electron chi connectivity index (χ0n) is 43.4. The van der Waals surface area contributed by atoms with E-state index in [1.807, 2.05) is 66.7 Å². The number of unbranched alkanes of at least 4 members (excludes halogenated alkanes) is 6. The van der Waals surface area contributed by atoms with Gasteiger partial charge in [-0.05, 0) is 193 Å². The van der Waals surface area contributed by atoms with Crippen molar-refractivity contribution >= 4 is 56.8 Å². The number of carbonyl (C=O) groups is 4. The summed E-state index contributed by atoms with van der Waals surface area (Å²) in [6, 6.07) is 28.1. The van der Waals surface area contributed by atoms with Crippen LogP contribution in [0.15, 0.2) is 121 Å². The van der Waals surface area contributed by atoms with E-state index in [1.54, 1.807) is 30.5 Å². The van der Waals surface area contributed by atoms with Crippen molar-refractivity contribution in [2.75, 3.05) is 45.1 Å². The standard InChI is InChI=1S/C60H71N3O12S/c1-3-56(64)70-37-13-7-5-11-35-68-48-25-29-50(30-26-48)74-58(66)45-21-17-43(18-22-45)41-72-52-33-34-54(47(39-52)40-61-63-60-62-53-15-9-10-16-55(53)76-60)73-42-44-19-23-46(24-20-44)59(67)75-51-31-27-49(28-32-51)69-36-12-6-8-14-38-71-57(65)4-2/h3-4,9-10,15-16,25-34,39-40,43-46H,1-2,5-8,11-14,17-24,35-38,41-42H2,(H,62,63)/b61-40+. The SMILES string of the molecule is C=CC(=O)OCCCCCCOc1ccc(OC(=O)C2CCC(COc3ccc(OCC4CCC(C(=O)Oc5ccc(OCCCCCCOC(=O)C=C)cc5)CC4)c(/C=N/Nc4nc5ccccc5s4)c3)CC2)cc1. The molecule has 0 amide bonds. The van der Waals surface area contributed by atoms with Crippen LogP contribution in [0.1, 0.15) is 108 Å². The molecule has 16 heteroatoms. The molecule has 0 radical (unpaired) electrons. The molecule has 5 aromatic rings. The molecule has 0 atom stereocenters. The van der Waals surface area contributed by atoms with Gasteiger partial charge < -0.3 is 37.9 Å². The first-order chi connectivity index (χ1) is 37.2. The van der Waals surface area contributed by atoms with Gasteiger partial charge in [-0.1, -0.05) is 36.6 Å². The van der Waals surface area contributed by atoms with Gasteiger partial charge in [-0.3, -0.25) is 15.0 Å². The first-order valence-corrected chi connectivity index (χ1v) is 27.5. The molecule has 0 spiro atoms. The van der Waals surface area contributed by atoms with Crippen molar-refractivity contribution in [2.24, 2.45) is 28.8 Å². The van der Waals surface area contributed by atoms with Crippen LogP contribution in [0.3, 0.4) is 0 Å². The molecule has 1 aromatic heterocycles. The number of hydrogen-bond donors (Lipinski definition) is 1. The second kappa shape index (κ2) is 31.0. The minimum Gasteiger partial charge on any atom is -0.494 e. The lowest BCUT2D eigenvalue weighted by atomic mass is 9.82. The van der Waals surface area contributed by atoms with E-state index in [9.17, 15) is 19.2 Å². The van der Waals surface area contributed by atoms with Crippen molar-refractivity contribution in [3.05, 3.63) is 122 Å². The monoisotopic (exact) mass is 1060 g/mol. The van der Waals surface area contributed by atoms with Crippen LogP contribution in [0.5, 0.6) is 34.5 Å². The molecule has 0 bridgehead atoms. The number of rotatable bonds is 31. The predicted molar refractivity (Wildman–Crippen MR) is 294 cm³/mol. The molecule has 404 valence electrons. The molecular formula is C60H71N3O12S. The number of fused-ring (bicyclic) bond motifs is 1. The average Bonchev–Trinajstić information content (AvgIpc) is 3.87. The molecule has 4 aromatic carbocycles. The number of esters is 4. The van der Waals surface area contributed by atoms with E-state index in [0.29, 0.717) is 98.0 Å². The van der Waals surface area contributed by atoms with Gasteiger partial charge in [0.15, 0.2) is 0 Å². The fourth-order valence-electron chi connectivity index (χ4n) is 9.04. The molecule has 7 rings (SSSR count). The van der Waals surface area contributed by atoms with Crippen LogP contribution in [0.4, 0.5) is 5.13 Å². The van der Waals surface area contributed by atoms with Crippen molar-refractivity contribution < 1.29 is 57.1 Å². The number of hydrazone groups is 1. The Morgan fingerprint density at radius 1 is 0.553 bits per heavy atom. The summed E-state index contributed by atoms with van der Waals surface area (Å²) in [6.07, 6.45) is 17.5. The topological polar surface area (TPSA) is 179 Å². The second-order valence-corrected chi connectivity index (χ2v) is 20.2. The molecule has 76 heavy (non-hydrogen) atoms. The number of para-hydroxylation sites is 1.